The van der Waals surface area contributed by atoms with Crippen LogP contribution in [0.5, 0.6) is 0 Å². The van der Waals surface area contributed by atoms with E-state index in [1.165, 1.54) is 10.4 Å². The summed E-state index contributed by atoms with van der Waals surface area (Å²) < 4.78 is 32.8. The summed E-state index contributed by atoms with van der Waals surface area (Å²) in [6.45, 7) is 10.9. The summed E-state index contributed by atoms with van der Waals surface area (Å²) >= 11 is 0. The Balaban J connectivity index is 1.80. The van der Waals surface area contributed by atoms with Gasteiger partial charge in [0.25, 0.3) is 5.91 Å². The molecule has 1 saturated heterocycles. The minimum atomic E-state index is -3.61. The van der Waals surface area contributed by atoms with E-state index in [4.69, 9.17) is 4.52 Å². The van der Waals surface area contributed by atoms with Gasteiger partial charge in [-0.3, -0.25) is 4.79 Å². The Bertz CT molecular complexity index is 976. The minimum absolute atomic E-state index is 0.00505. The SMILES string of the molecule is CCN1CCN(S(=O)(=O)c2cccc(NC(=O)c3c(C)noc3C(C)C)c2)CC1. The van der Waals surface area contributed by atoms with Gasteiger partial charge in [-0.15, -0.1) is 0 Å². The Morgan fingerprint density at radius 3 is 2.55 bits per heavy atom. The standard InChI is InChI=1S/C20H28N4O4S/c1-5-23-9-11-24(12-10-23)29(26,27)17-8-6-7-16(13-17)21-20(25)18-15(4)22-28-19(18)14(2)3/h6-8,13-14H,5,9-12H2,1-4H3,(H,21,25). The molecule has 1 fully saturated rings. The van der Waals surface area contributed by atoms with Crippen molar-refractivity contribution in [1.29, 1.82) is 0 Å². The number of likely N-dealkylation sites (N-methyl/N-ethyl adjacent to an activating group) is 1. The lowest BCUT2D eigenvalue weighted by molar-refractivity contribution is 0.102. The van der Waals surface area contributed by atoms with E-state index in [0.717, 1.165) is 19.6 Å². The van der Waals surface area contributed by atoms with Crippen LogP contribution in [0.1, 0.15) is 48.5 Å². The van der Waals surface area contributed by atoms with Crippen LogP contribution in [0.3, 0.4) is 0 Å². The predicted octanol–water partition coefficient (Wildman–Crippen LogP) is 2.68. The summed E-state index contributed by atoms with van der Waals surface area (Å²) in [5, 5.41) is 6.67. The lowest BCUT2D eigenvalue weighted by Gasteiger charge is -2.33. The largest absolute Gasteiger partial charge is 0.360 e. The van der Waals surface area contributed by atoms with E-state index in [9.17, 15) is 13.2 Å². The fraction of sp³-hybridized carbons (Fsp3) is 0.500. The van der Waals surface area contributed by atoms with E-state index in [2.05, 4.69) is 22.3 Å². The van der Waals surface area contributed by atoms with Crippen molar-refractivity contribution in [3.63, 3.8) is 0 Å². The van der Waals surface area contributed by atoms with E-state index in [-0.39, 0.29) is 16.7 Å². The molecule has 1 aromatic heterocycles. The van der Waals surface area contributed by atoms with Gasteiger partial charge in [0.2, 0.25) is 10.0 Å². The van der Waals surface area contributed by atoms with Crippen LogP contribution in [0.2, 0.25) is 0 Å². The highest BCUT2D eigenvalue weighted by Crippen LogP contribution is 2.25. The van der Waals surface area contributed by atoms with Gasteiger partial charge in [-0.1, -0.05) is 32.0 Å². The summed E-state index contributed by atoms with van der Waals surface area (Å²) in [7, 11) is -3.61. The highest BCUT2D eigenvalue weighted by molar-refractivity contribution is 7.89. The lowest BCUT2D eigenvalue weighted by Crippen LogP contribution is -2.48. The number of rotatable bonds is 6. The Kier molecular flexibility index (Phi) is 6.40. The maximum absolute atomic E-state index is 13.0. The van der Waals surface area contributed by atoms with Gasteiger partial charge in [-0.05, 0) is 31.7 Å². The number of hydrogen-bond acceptors (Lipinski definition) is 6. The first-order valence-electron chi connectivity index (χ1n) is 9.84. The van der Waals surface area contributed by atoms with E-state index in [0.29, 0.717) is 35.8 Å². The molecule has 1 aliphatic heterocycles. The fourth-order valence-electron chi connectivity index (χ4n) is 3.42. The molecule has 2 aromatic rings. The molecule has 0 spiro atoms. The van der Waals surface area contributed by atoms with Gasteiger partial charge >= 0.3 is 0 Å². The molecule has 29 heavy (non-hydrogen) atoms. The molecule has 158 valence electrons. The Morgan fingerprint density at radius 2 is 1.93 bits per heavy atom. The van der Waals surface area contributed by atoms with Crippen molar-refractivity contribution in [1.82, 2.24) is 14.4 Å². The minimum Gasteiger partial charge on any atom is -0.360 e. The average Bonchev–Trinajstić information content (AvgIpc) is 3.10. The molecule has 0 unspecified atom stereocenters. The van der Waals surface area contributed by atoms with Gasteiger partial charge < -0.3 is 14.7 Å². The summed E-state index contributed by atoms with van der Waals surface area (Å²) in [4.78, 5) is 15.2. The van der Waals surface area contributed by atoms with Gasteiger partial charge in [-0.2, -0.15) is 4.31 Å². The average molecular weight is 421 g/mol. The number of carbonyl (C=O) groups excluding carboxylic acids is 1. The van der Waals surface area contributed by atoms with E-state index >= 15 is 0 Å². The molecule has 0 saturated carbocycles. The third-order valence-electron chi connectivity index (χ3n) is 5.15. The van der Waals surface area contributed by atoms with E-state index in [1.54, 1.807) is 25.1 Å². The molecule has 1 aromatic carbocycles. The zero-order chi connectivity index (χ0) is 21.2. The van der Waals surface area contributed by atoms with Gasteiger partial charge in [-0.25, -0.2) is 8.42 Å². The number of hydrogen-bond donors (Lipinski definition) is 1. The number of aromatic nitrogens is 1. The third kappa shape index (κ3) is 4.52. The quantitative estimate of drug-likeness (QED) is 0.772. The van der Waals surface area contributed by atoms with Crippen LogP contribution in [0.4, 0.5) is 5.69 Å². The normalized spacial score (nSPS) is 16.3. The van der Waals surface area contributed by atoms with Crippen LogP contribution in [0.25, 0.3) is 0 Å². The van der Waals surface area contributed by atoms with Crippen molar-refractivity contribution in [3.8, 4) is 0 Å². The molecule has 8 nitrogen and oxygen atoms in total. The molecular formula is C20H28N4O4S. The highest BCUT2D eigenvalue weighted by atomic mass is 32.2. The second-order valence-electron chi connectivity index (χ2n) is 7.48. The maximum Gasteiger partial charge on any atom is 0.261 e. The second-order valence-corrected chi connectivity index (χ2v) is 9.42. The van der Waals surface area contributed by atoms with Crippen LogP contribution in [-0.2, 0) is 10.0 Å². The number of sulfonamides is 1. The molecule has 9 heteroatoms. The Morgan fingerprint density at radius 1 is 1.24 bits per heavy atom. The first-order chi connectivity index (χ1) is 13.7. The molecule has 1 aliphatic rings. The van der Waals surface area contributed by atoms with Crippen LogP contribution >= 0.6 is 0 Å². The molecule has 1 N–H and O–H groups in total. The van der Waals surface area contributed by atoms with Gasteiger partial charge in [0.05, 0.1) is 10.6 Å². The zero-order valence-corrected chi connectivity index (χ0v) is 18.1. The van der Waals surface area contributed by atoms with Crippen molar-refractivity contribution in [2.24, 2.45) is 0 Å². The smallest absolute Gasteiger partial charge is 0.261 e. The van der Waals surface area contributed by atoms with E-state index < -0.39 is 10.0 Å². The monoisotopic (exact) mass is 420 g/mol. The second kappa shape index (κ2) is 8.64. The summed E-state index contributed by atoms with van der Waals surface area (Å²) in [5.74, 6) is 0.154. The number of anilines is 1. The highest BCUT2D eigenvalue weighted by Gasteiger charge is 2.28. The topological polar surface area (TPSA) is 95.8 Å². The number of aryl methyl sites for hydroxylation is 1. The molecule has 2 heterocycles. The summed E-state index contributed by atoms with van der Waals surface area (Å²) in [5.41, 5.74) is 1.31. The van der Waals surface area contributed by atoms with Crippen LogP contribution in [0.15, 0.2) is 33.7 Å². The molecule has 1 amide bonds. The third-order valence-corrected chi connectivity index (χ3v) is 7.04. The number of amides is 1. The first kappa shape index (κ1) is 21.5. The maximum atomic E-state index is 13.0. The number of nitrogens with one attached hydrogen (secondary N) is 1. The first-order valence-corrected chi connectivity index (χ1v) is 11.3. The molecule has 3 rings (SSSR count). The lowest BCUT2D eigenvalue weighted by atomic mass is 10.0. The van der Waals surface area contributed by atoms with Crippen molar-refractivity contribution in [2.45, 2.75) is 38.5 Å². The molecule has 0 radical (unpaired) electrons. The molecule has 0 atom stereocenters. The van der Waals surface area contributed by atoms with Crippen molar-refractivity contribution in [3.05, 3.63) is 41.3 Å². The Labute approximate surface area is 171 Å². The van der Waals surface area contributed by atoms with E-state index in [1.807, 2.05) is 13.8 Å². The zero-order valence-electron chi connectivity index (χ0n) is 17.3. The Hall–Kier alpha value is -2.23. The van der Waals surface area contributed by atoms with Gasteiger partial charge in [0, 0.05) is 37.8 Å². The summed E-state index contributed by atoms with van der Waals surface area (Å²) in [6, 6.07) is 6.36. The molecule has 0 bridgehead atoms. The van der Waals surface area contributed by atoms with Crippen molar-refractivity contribution in [2.75, 3.05) is 38.0 Å². The van der Waals surface area contributed by atoms with Crippen molar-refractivity contribution < 1.29 is 17.7 Å². The number of benzene rings is 1. The van der Waals surface area contributed by atoms with Gasteiger partial charge in [0.15, 0.2) is 5.76 Å². The van der Waals surface area contributed by atoms with Crippen LogP contribution < -0.4 is 5.32 Å². The van der Waals surface area contributed by atoms with Crippen LogP contribution in [-0.4, -0.2) is 61.4 Å². The van der Waals surface area contributed by atoms with Crippen LogP contribution in [0, 0.1) is 6.92 Å². The molecular weight excluding hydrogens is 392 g/mol. The fourth-order valence-corrected chi connectivity index (χ4v) is 4.89. The number of carbonyl (C=O) groups is 1. The number of piperazine rings is 1. The van der Waals surface area contributed by atoms with Gasteiger partial charge in [0.1, 0.15) is 5.56 Å². The van der Waals surface area contributed by atoms with Crippen molar-refractivity contribution >= 4 is 21.6 Å². The predicted molar refractivity (Wildman–Crippen MR) is 111 cm³/mol. The number of nitrogens with zero attached hydrogens (tertiary/aromatic N) is 3. The molecule has 0 aliphatic carbocycles. The summed E-state index contributed by atoms with van der Waals surface area (Å²) in [6.07, 6.45) is 0.